The van der Waals surface area contributed by atoms with E-state index in [2.05, 4.69) is 5.32 Å². The van der Waals surface area contributed by atoms with E-state index in [1.165, 1.54) is 6.92 Å². The van der Waals surface area contributed by atoms with E-state index in [0.717, 1.165) is 25.7 Å². The molecule has 0 radical (unpaired) electrons. The van der Waals surface area contributed by atoms with Crippen LogP contribution in [0.25, 0.3) is 0 Å². The van der Waals surface area contributed by atoms with Crippen LogP contribution >= 0.6 is 0 Å². The fourth-order valence-electron chi connectivity index (χ4n) is 3.14. The Morgan fingerprint density at radius 2 is 1.95 bits per heavy atom. The van der Waals surface area contributed by atoms with E-state index in [0.29, 0.717) is 6.54 Å². The fourth-order valence-corrected chi connectivity index (χ4v) is 3.14. The highest BCUT2D eigenvalue weighted by atomic mass is 16.4. The summed E-state index contributed by atoms with van der Waals surface area (Å²) >= 11 is 0. The molecule has 1 saturated carbocycles. The van der Waals surface area contributed by atoms with Gasteiger partial charge >= 0.3 is 5.97 Å². The second-order valence-electron chi connectivity index (χ2n) is 5.95. The third-order valence-electron chi connectivity index (χ3n) is 4.34. The Bertz CT molecular complexity index is 431. The van der Waals surface area contributed by atoms with Gasteiger partial charge < -0.3 is 20.4 Å². The van der Waals surface area contributed by atoms with E-state index in [-0.39, 0.29) is 18.4 Å². The van der Waals surface area contributed by atoms with Gasteiger partial charge in [0.15, 0.2) is 6.04 Å². The molecule has 2 aliphatic rings. The Morgan fingerprint density at radius 3 is 2.48 bits per heavy atom. The summed E-state index contributed by atoms with van der Waals surface area (Å²) in [7, 11) is 0. The summed E-state index contributed by atoms with van der Waals surface area (Å²) in [5.41, 5.74) is 0. The van der Waals surface area contributed by atoms with Gasteiger partial charge in [0.1, 0.15) is 0 Å². The molecule has 1 aliphatic carbocycles. The first-order valence-corrected chi connectivity index (χ1v) is 7.41. The topological polar surface area (TPSA) is 107 Å². The summed E-state index contributed by atoms with van der Waals surface area (Å²) in [5.74, 6) is -2.32. The minimum absolute atomic E-state index is 0.0361. The van der Waals surface area contributed by atoms with Crippen LogP contribution in [0.4, 0.5) is 0 Å². The molecule has 21 heavy (non-hydrogen) atoms. The predicted molar refractivity (Wildman–Crippen MR) is 73.3 cm³/mol. The van der Waals surface area contributed by atoms with Crippen molar-refractivity contribution in [1.82, 2.24) is 10.2 Å². The lowest BCUT2D eigenvalue weighted by molar-refractivity contribution is -0.145. The molecule has 2 fully saturated rings. The maximum atomic E-state index is 12.1. The molecule has 1 heterocycles. The van der Waals surface area contributed by atoms with E-state index >= 15 is 0 Å². The van der Waals surface area contributed by atoms with Crippen LogP contribution in [0.3, 0.4) is 0 Å². The number of aliphatic carboxylic acids is 1. The maximum Gasteiger partial charge on any atom is 0.328 e. The van der Waals surface area contributed by atoms with E-state index in [9.17, 15) is 19.5 Å². The van der Waals surface area contributed by atoms with Crippen molar-refractivity contribution in [2.24, 2.45) is 5.92 Å². The van der Waals surface area contributed by atoms with Crippen molar-refractivity contribution in [2.75, 3.05) is 6.54 Å². The number of nitrogens with one attached hydrogen (secondary N) is 1. The van der Waals surface area contributed by atoms with Gasteiger partial charge in [0.05, 0.1) is 12.0 Å². The lowest BCUT2D eigenvalue weighted by atomic mass is 10.1. The van der Waals surface area contributed by atoms with Crippen LogP contribution < -0.4 is 5.32 Å². The van der Waals surface area contributed by atoms with Crippen LogP contribution in [-0.4, -0.2) is 57.6 Å². The van der Waals surface area contributed by atoms with Gasteiger partial charge in [-0.05, 0) is 19.8 Å². The zero-order valence-electron chi connectivity index (χ0n) is 12.1. The van der Waals surface area contributed by atoms with Crippen molar-refractivity contribution in [1.29, 1.82) is 0 Å². The first-order chi connectivity index (χ1) is 9.90. The minimum Gasteiger partial charge on any atom is -0.480 e. The van der Waals surface area contributed by atoms with Crippen LogP contribution in [0.5, 0.6) is 0 Å². The number of carbonyl (C=O) groups excluding carboxylic acids is 2. The first kappa shape index (κ1) is 15.8. The second-order valence-corrected chi connectivity index (χ2v) is 5.95. The molecule has 1 aliphatic heterocycles. The van der Waals surface area contributed by atoms with E-state index in [4.69, 9.17) is 5.11 Å². The highest BCUT2D eigenvalue weighted by Crippen LogP contribution is 2.29. The molecular formula is C14H22N2O5. The van der Waals surface area contributed by atoms with Crippen molar-refractivity contribution < 1.29 is 24.6 Å². The molecular weight excluding hydrogens is 276 g/mol. The van der Waals surface area contributed by atoms with Crippen LogP contribution in [-0.2, 0) is 14.4 Å². The van der Waals surface area contributed by atoms with E-state index in [1.54, 1.807) is 4.90 Å². The van der Waals surface area contributed by atoms with Gasteiger partial charge in [0.25, 0.3) is 0 Å². The monoisotopic (exact) mass is 298 g/mol. The maximum absolute atomic E-state index is 12.1. The zero-order valence-corrected chi connectivity index (χ0v) is 12.1. The van der Waals surface area contributed by atoms with Crippen LogP contribution in [0.2, 0.25) is 0 Å². The van der Waals surface area contributed by atoms with Crippen molar-refractivity contribution in [2.45, 2.75) is 57.2 Å². The third kappa shape index (κ3) is 3.53. The number of rotatable bonds is 5. The molecule has 3 N–H and O–H groups in total. The van der Waals surface area contributed by atoms with Crippen LogP contribution in [0.1, 0.15) is 39.0 Å². The normalized spacial score (nSPS) is 25.9. The standard InChI is InChI=1S/C14H22N2O5/c1-8(17)12(14(20)21)15-13(19)9-6-11(18)16(7-9)10-4-2-3-5-10/h8-10,12,17H,2-7H2,1H3,(H,15,19)(H,20,21)/t8-,9?,12+/m1/s1. The SMILES string of the molecule is C[C@@H](O)[C@H](NC(=O)C1CC(=O)N(C2CCCC2)C1)C(=O)O. The Balaban J connectivity index is 1.94. The summed E-state index contributed by atoms with van der Waals surface area (Å²) < 4.78 is 0. The number of nitrogens with zero attached hydrogens (tertiary/aromatic N) is 1. The summed E-state index contributed by atoms with van der Waals surface area (Å²) in [6, 6.07) is -1.12. The molecule has 1 unspecified atom stereocenters. The van der Waals surface area contributed by atoms with Crippen LogP contribution in [0, 0.1) is 5.92 Å². The Morgan fingerprint density at radius 1 is 1.33 bits per heavy atom. The average molecular weight is 298 g/mol. The highest BCUT2D eigenvalue weighted by molar-refractivity contribution is 5.91. The molecule has 7 heteroatoms. The lowest BCUT2D eigenvalue weighted by Gasteiger charge is -2.24. The van der Waals surface area contributed by atoms with Crippen LogP contribution in [0.15, 0.2) is 0 Å². The number of aliphatic hydroxyl groups excluding tert-OH is 1. The molecule has 3 atom stereocenters. The number of aliphatic hydroxyl groups is 1. The molecule has 2 amide bonds. The minimum atomic E-state index is -1.34. The molecule has 0 aromatic carbocycles. The Labute approximate surface area is 123 Å². The molecule has 118 valence electrons. The molecule has 2 rings (SSSR count). The van der Waals surface area contributed by atoms with E-state index < -0.39 is 29.9 Å². The number of hydrogen-bond acceptors (Lipinski definition) is 4. The molecule has 1 saturated heterocycles. The quantitative estimate of drug-likeness (QED) is 0.647. The van der Waals surface area contributed by atoms with Gasteiger partial charge in [-0.25, -0.2) is 4.79 Å². The number of carboxylic acid groups (broad SMARTS) is 1. The smallest absolute Gasteiger partial charge is 0.328 e. The van der Waals surface area contributed by atoms with Gasteiger partial charge in [-0.1, -0.05) is 12.8 Å². The summed E-state index contributed by atoms with van der Waals surface area (Å²) in [6.45, 7) is 1.66. The molecule has 0 bridgehead atoms. The summed E-state index contributed by atoms with van der Waals surface area (Å²) in [5, 5.41) is 20.7. The number of carboxylic acids is 1. The van der Waals surface area contributed by atoms with Gasteiger partial charge in [-0.2, -0.15) is 0 Å². The van der Waals surface area contributed by atoms with Gasteiger partial charge in [0.2, 0.25) is 11.8 Å². The first-order valence-electron chi connectivity index (χ1n) is 7.41. The molecule has 7 nitrogen and oxygen atoms in total. The van der Waals surface area contributed by atoms with Crippen molar-refractivity contribution >= 4 is 17.8 Å². The summed E-state index contributed by atoms with van der Waals surface area (Å²) in [4.78, 5) is 36.9. The largest absolute Gasteiger partial charge is 0.480 e. The van der Waals surface area contributed by atoms with Gasteiger partial charge in [-0.15, -0.1) is 0 Å². The fraction of sp³-hybridized carbons (Fsp3) is 0.786. The number of amides is 2. The second kappa shape index (κ2) is 6.43. The van der Waals surface area contributed by atoms with Gasteiger partial charge in [0, 0.05) is 19.0 Å². The Kier molecular flexibility index (Phi) is 4.82. The predicted octanol–water partition coefficient (Wildman–Crippen LogP) is -0.272. The van der Waals surface area contributed by atoms with Crippen molar-refractivity contribution in [3.63, 3.8) is 0 Å². The number of hydrogen-bond donors (Lipinski definition) is 3. The summed E-state index contributed by atoms with van der Waals surface area (Å²) in [6.07, 6.45) is 3.10. The Hall–Kier alpha value is -1.63. The van der Waals surface area contributed by atoms with Gasteiger partial charge in [-0.3, -0.25) is 9.59 Å². The molecule has 0 aromatic rings. The average Bonchev–Trinajstić information content (AvgIpc) is 3.03. The lowest BCUT2D eigenvalue weighted by Crippen LogP contribution is -2.50. The number of likely N-dealkylation sites (tertiary alicyclic amines) is 1. The van der Waals surface area contributed by atoms with Crippen molar-refractivity contribution in [3.8, 4) is 0 Å². The zero-order chi connectivity index (χ0) is 15.6. The molecule has 0 aromatic heterocycles. The number of carbonyl (C=O) groups is 3. The van der Waals surface area contributed by atoms with Crippen molar-refractivity contribution in [3.05, 3.63) is 0 Å². The highest BCUT2D eigenvalue weighted by Gasteiger charge is 2.39. The molecule has 0 spiro atoms. The van der Waals surface area contributed by atoms with E-state index in [1.807, 2.05) is 0 Å². The third-order valence-corrected chi connectivity index (χ3v) is 4.34.